The first-order chi connectivity index (χ1) is 23.8. The maximum absolute atomic E-state index is 5.21. The molecule has 3 nitrogen and oxygen atoms in total. The van der Waals surface area contributed by atoms with Gasteiger partial charge in [-0.1, -0.05) is 158 Å². The summed E-state index contributed by atoms with van der Waals surface area (Å²) >= 11 is 0. The van der Waals surface area contributed by atoms with E-state index in [-0.39, 0.29) is 0 Å². The summed E-state index contributed by atoms with van der Waals surface area (Å²) in [6.45, 7) is 0. The van der Waals surface area contributed by atoms with E-state index in [4.69, 9.17) is 15.0 Å². The van der Waals surface area contributed by atoms with E-state index in [0.29, 0.717) is 17.5 Å². The zero-order valence-corrected chi connectivity index (χ0v) is 26.1. The summed E-state index contributed by atoms with van der Waals surface area (Å²) in [7, 11) is 0. The molecule has 0 spiro atoms. The van der Waals surface area contributed by atoms with Crippen LogP contribution >= 0.6 is 0 Å². The molecule has 9 aromatic rings. The molecule has 0 aliphatic carbocycles. The maximum Gasteiger partial charge on any atom is 0.164 e. The second kappa shape index (κ2) is 11.7. The van der Waals surface area contributed by atoms with Crippen LogP contribution in [0.15, 0.2) is 176 Å². The molecule has 0 fully saturated rings. The summed E-state index contributed by atoms with van der Waals surface area (Å²) in [6.07, 6.45) is 0. The SMILES string of the molecule is c1ccc(-c2cccc(-c3cc(-c4nc(-c5ccccc5)nc(-c5ccccc5)n4)c4c5ccccc5c5ccccc5c4c3)c2)cc1. The van der Waals surface area contributed by atoms with Gasteiger partial charge < -0.3 is 0 Å². The van der Waals surface area contributed by atoms with Crippen molar-refractivity contribution in [2.24, 2.45) is 0 Å². The third-order valence-electron chi connectivity index (χ3n) is 9.09. The average Bonchev–Trinajstić information content (AvgIpc) is 3.18. The van der Waals surface area contributed by atoms with Gasteiger partial charge in [-0.2, -0.15) is 0 Å². The summed E-state index contributed by atoms with van der Waals surface area (Å²) < 4.78 is 0. The number of nitrogens with zero attached hydrogens (tertiary/aromatic N) is 3. The van der Waals surface area contributed by atoms with Crippen LogP contribution in [0.4, 0.5) is 0 Å². The van der Waals surface area contributed by atoms with Crippen molar-refractivity contribution in [2.75, 3.05) is 0 Å². The smallest absolute Gasteiger partial charge is 0.164 e. The van der Waals surface area contributed by atoms with Crippen LogP contribution in [0.3, 0.4) is 0 Å². The van der Waals surface area contributed by atoms with Crippen LogP contribution in [0.1, 0.15) is 0 Å². The highest BCUT2D eigenvalue weighted by Crippen LogP contribution is 2.43. The minimum atomic E-state index is 0.647. The van der Waals surface area contributed by atoms with Gasteiger partial charge in [-0.15, -0.1) is 0 Å². The number of fused-ring (bicyclic) bond motifs is 6. The van der Waals surface area contributed by atoms with Crippen molar-refractivity contribution in [3.8, 4) is 56.4 Å². The van der Waals surface area contributed by atoms with Crippen molar-refractivity contribution < 1.29 is 0 Å². The summed E-state index contributed by atoms with van der Waals surface area (Å²) in [6, 6.07) is 61.7. The topological polar surface area (TPSA) is 38.7 Å². The Morgan fingerprint density at radius 2 is 0.667 bits per heavy atom. The Kier molecular flexibility index (Phi) is 6.80. The number of benzene rings is 8. The number of hydrogen-bond donors (Lipinski definition) is 0. The molecule has 0 amide bonds. The zero-order chi connectivity index (χ0) is 31.9. The number of aromatic nitrogens is 3. The molecule has 0 N–H and O–H groups in total. The third-order valence-corrected chi connectivity index (χ3v) is 9.09. The fraction of sp³-hybridized carbons (Fsp3) is 0. The molecule has 1 heterocycles. The van der Waals surface area contributed by atoms with Gasteiger partial charge in [0.15, 0.2) is 17.5 Å². The van der Waals surface area contributed by atoms with Gasteiger partial charge in [0.1, 0.15) is 0 Å². The normalized spacial score (nSPS) is 11.3. The second-order valence-electron chi connectivity index (χ2n) is 12.0. The van der Waals surface area contributed by atoms with Gasteiger partial charge in [0.25, 0.3) is 0 Å². The molecule has 0 saturated heterocycles. The van der Waals surface area contributed by atoms with Crippen LogP contribution in [0.25, 0.3) is 88.7 Å². The van der Waals surface area contributed by atoms with Crippen LogP contribution in [-0.2, 0) is 0 Å². The van der Waals surface area contributed by atoms with Crippen LogP contribution in [0.5, 0.6) is 0 Å². The third kappa shape index (κ3) is 4.90. The van der Waals surface area contributed by atoms with Crippen molar-refractivity contribution in [3.63, 3.8) is 0 Å². The molecule has 8 aromatic carbocycles. The summed E-state index contributed by atoms with van der Waals surface area (Å²) in [5.41, 5.74) is 7.49. The molecule has 3 heteroatoms. The van der Waals surface area contributed by atoms with Gasteiger partial charge in [0, 0.05) is 22.1 Å². The molecule has 48 heavy (non-hydrogen) atoms. The second-order valence-corrected chi connectivity index (χ2v) is 12.0. The Bertz CT molecular complexity index is 2540. The van der Waals surface area contributed by atoms with E-state index >= 15 is 0 Å². The average molecular weight is 612 g/mol. The van der Waals surface area contributed by atoms with Crippen LogP contribution in [-0.4, -0.2) is 15.0 Å². The maximum atomic E-state index is 5.21. The molecular weight excluding hydrogens is 583 g/mol. The zero-order valence-electron chi connectivity index (χ0n) is 26.1. The quantitative estimate of drug-likeness (QED) is 0.182. The highest BCUT2D eigenvalue weighted by Gasteiger charge is 2.19. The van der Waals surface area contributed by atoms with Crippen LogP contribution in [0.2, 0.25) is 0 Å². The van der Waals surface area contributed by atoms with Gasteiger partial charge in [-0.25, -0.2) is 15.0 Å². The Labute approximate surface area is 278 Å². The molecule has 9 rings (SSSR count). The molecule has 0 aliphatic heterocycles. The lowest BCUT2D eigenvalue weighted by Gasteiger charge is -2.17. The summed E-state index contributed by atoms with van der Waals surface area (Å²) in [5.74, 6) is 1.94. The molecule has 224 valence electrons. The first kappa shape index (κ1) is 27.8. The van der Waals surface area contributed by atoms with Crippen molar-refractivity contribution in [3.05, 3.63) is 176 Å². The highest BCUT2D eigenvalue weighted by atomic mass is 15.0. The van der Waals surface area contributed by atoms with E-state index in [1.165, 1.54) is 38.1 Å². The lowest BCUT2D eigenvalue weighted by molar-refractivity contribution is 1.08. The Morgan fingerprint density at radius 1 is 0.250 bits per heavy atom. The van der Waals surface area contributed by atoms with Crippen molar-refractivity contribution >= 4 is 32.3 Å². The predicted octanol–water partition coefficient (Wildman–Crippen LogP) is 11.7. The summed E-state index contributed by atoms with van der Waals surface area (Å²) in [4.78, 5) is 15.4. The van der Waals surface area contributed by atoms with Crippen molar-refractivity contribution in [2.45, 2.75) is 0 Å². The van der Waals surface area contributed by atoms with Gasteiger partial charge in [0.2, 0.25) is 0 Å². The predicted molar refractivity (Wildman–Crippen MR) is 200 cm³/mol. The Balaban J connectivity index is 1.40. The fourth-order valence-electron chi connectivity index (χ4n) is 6.81. The van der Waals surface area contributed by atoms with Crippen molar-refractivity contribution in [1.82, 2.24) is 15.0 Å². The van der Waals surface area contributed by atoms with Crippen LogP contribution < -0.4 is 0 Å². The van der Waals surface area contributed by atoms with Gasteiger partial charge in [-0.3, -0.25) is 0 Å². The van der Waals surface area contributed by atoms with E-state index < -0.39 is 0 Å². The molecule has 0 radical (unpaired) electrons. The van der Waals surface area contributed by atoms with Crippen LogP contribution in [0, 0.1) is 0 Å². The molecular formula is C45H29N3. The molecule has 1 aromatic heterocycles. The molecule has 0 unspecified atom stereocenters. The monoisotopic (exact) mass is 611 g/mol. The standard InChI is InChI=1S/C45H29N3/c1-4-15-30(16-5-1)33-21-14-22-34(27-33)35-28-40-38-25-11-10-23-36(38)37-24-12-13-26-39(37)42(40)41(29-35)45-47-43(31-17-6-2-7-18-31)46-44(48-45)32-19-8-3-9-20-32/h1-29H. The van der Waals surface area contributed by atoms with E-state index in [0.717, 1.165) is 33.2 Å². The molecule has 0 saturated carbocycles. The molecule has 0 atom stereocenters. The Morgan fingerprint density at radius 3 is 1.25 bits per heavy atom. The highest BCUT2D eigenvalue weighted by molar-refractivity contribution is 6.28. The molecule has 0 bridgehead atoms. The largest absolute Gasteiger partial charge is 0.208 e. The van der Waals surface area contributed by atoms with E-state index in [1.54, 1.807) is 0 Å². The van der Waals surface area contributed by atoms with Gasteiger partial charge in [0.05, 0.1) is 0 Å². The summed E-state index contributed by atoms with van der Waals surface area (Å²) in [5, 5.41) is 7.12. The first-order valence-corrected chi connectivity index (χ1v) is 16.2. The number of hydrogen-bond acceptors (Lipinski definition) is 3. The number of rotatable bonds is 5. The van der Waals surface area contributed by atoms with Gasteiger partial charge in [-0.05, 0) is 67.4 Å². The van der Waals surface area contributed by atoms with Gasteiger partial charge >= 0.3 is 0 Å². The van der Waals surface area contributed by atoms with E-state index in [1.807, 2.05) is 36.4 Å². The lowest BCUT2D eigenvalue weighted by Crippen LogP contribution is -2.01. The minimum absolute atomic E-state index is 0.647. The minimum Gasteiger partial charge on any atom is -0.208 e. The fourth-order valence-corrected chi connectivity index (χ4v) is 6.81. The van der Waals surface area contributed by atoms with E-state index in [9.17, 15) is 0 Å². The lowest BCUT2D eigenvalue weighted by atomic mass is 9.88. The first-order valence-electron chi connectivity index (χ1n) is 16.2. The van der Waals surface area contributed by atoms with E-state index in [2.05, 4.69) is 140 Å². The Hall–Kier alpha value is -6.45. The van der Waals surface area contributed by atoms with Crippen molar-refractivity contribution in [1.29, 1.82) is 0 Å². The molecule has 0 aliphatic rings.